The molecule has 0 aliphatic rings. The first kappa shape index (κ1) is 28.4. The molecule has 0 amide bonds. The maximum atomic E-state index is 6.74. The van der Waals surface area contributed by atoms with Crippen molar-refractivity contribution in [1.82, 2.24) is 0 Å². The van der Waals surface area contributed by atoms with E-state index in [1.807, 2.05) is 0 Å². The van der Waals surface area contributed by atoms with Gasteiger partial charge in [0.1, 0.15) is 11.2 Å². The number of nitrogens with zero attached hydrogens (tertiary/aromatic N) is 1. The standard InChI is InChI=1S/C48H31NO/c1-2-16-38(17-3-1)49(39-25-23-34(24-26-39)42-20-10-15-33-12-6-8-18-41(33)42)40-27-28-46-45(31-40)47-44(30-36-14-7-9-19-43(36)48(47)50-46)37-22-21-32-11-4-5-13-35(32)29-37/h1-31H. The van der Waals surface area contributed by atoms with Gasteiger partial charge in [0, 0.05) is 33.2 Å². The summed E-state index contributed by atoms with van der Waals surface area (Å²) in [6.45, 7) is 0. The molecular formula is C48H31NO. The van der Waals surface area contributed by atoms with E-state index in [1.54, 1.807) is 0 Å². The molecule has 9 aromatic carbocycles. The molecule has 0 saturated carbocycles. The van der Waals surface area contributed by atoms with Crippen LogP contribution in [-0.2, 0) is 0 Å². The van der Waals surface area contributed by atoms with Crippen molar-refractivity contribution in [3.63, 3.8) is 0 Å². The summed E-state index contributed by atoms with van der Waals surface area (Å²) < 4.78 is 6.74. The van der Waals surface area contributed by atoms with Gasteiger partial charge in [-0.25, -0.2) is 0 Å². The first-order chi connectivity index (χ1) is 24.8. The number of para-hydroxylation sites is 1. The third kappa shape index (κ3) is 4.65. The Balaban J connectivity index is 1.17. The average Bonchev–Trinajstić information content (AvgIpc) is 3.57. The van der Waals surface area contributed by atoms with E-state index in [0.717, 1.165) is 44.4 Å². The van der Waals surface area contributed by atoms with Crippen LogP contribution in [0, 0.1) is 0 Å². The molecule has 234 valence electrons. The molecule has 0 unspecified atom stereocenters. The molecule has 0 aliphatic carbocycles. The van der Waals surface area contributed by atoms with Gasteiger partial charge in [-0.2, -0.15) is 0 Å². The van der Waals surface area contributed by atoms with Crippen LogP contribution in [0.2, 0.25) is 0 Å². The third-order valence-electron chi connectivity index (χ3n) is 10.0. The molecule has 0 saturated heterocycles. The van der Waals surface area contributed by atoms with Crippen LogP contribution in [0.1, 0.15) is 0 Å². The fourth-order valence-corrected chi connectivity index (χ4v) is 7.62. The predicted molar refractivity (Wildman–Crippen MR) is 212 cm³/mol. The maximum Gasteiger partial charge on any atom is 0.143 e. The van der Waals surface area contributed by atoms with Crippen LogP contribution in [-0.4, -0.2) is 0 Å². The highest BCUT2D eigenvalue weighted by molar-refractivity contribution is 6.22. The molecule has 1 aromatic heterocycles. The fourth-order valence-electron chi connectivity index (χ4n) is 7.62. The number of furan rings is 1. The van der Waals surface area contributed by atoms with Crippen molar-refractivity contribution in [3.05, 3.63) is 188 Å². The van der Waals surface area contributed by atoms with Gasteiger partial charge in [0.2, 0.25) is 0 Å². The monoisotopic (exact) mass is 637 g/mol. The van der Waals surface area contributed by atoms with E-state index in [1.165, 1.54) is 49.2 Å². The topological polar surface area (TPSA) is 16.4 Å². The molecule has 0 N–H and O–H groups in total. The van der Waals surface area contributed by atoms with Crippen LogP contribution in [0.15, 0.2) is 192 Å². The summed E-state index contributed by atoms with van der Waals surface area (Å²) >= 11 is 0. The van der Waals surface area contributed by atoms with E-state index in [2.05, 4.69) is 193 Å². The fraction of sp³-hybridized carbons (Fsp3) is 0. The van der Waals surface area contributed by atoms with Crippen LogP contribution < -0.4 is 4.90 Å². The van der Waals surface area contributed by atoms with E-state index in [9.17, 15) is 0 Å². The summed E-state index contributed by atoms with van der Waals surface area (Å²) in [4.78, 5) is 2.34. The van der Waals surface area contributed by atoms with Gasteiger partial charge in [-0.1, -0.05) is 133 Å². The van der Waals surface area contributed by atoms with Gasteiger partial charge in [0.05, 0.1) is 0 Å². The molecule has 2 nitrogen and oxygen atoms in total. The van der Waals surface area contributed by atoms with Crippen molar-refractivity contribution in [2.24, 2.45) is 0 Å². The van der Waals surface area contributed by atoms with Gasteiger partial charge in [-0.3, -0.25) is 0 Å². The summed E-state index contributed by atoms with van der Waals surface area (Å²) in [7, 11) is 0. The Morgan fingerprint density at radius 1 is 0.340 bits per heavy atom. The van der Waals surface area contributed by atoms with Gasteiger partial charge < -0.3 is 9.32 Å². The minimum Gasteiger partial charge on any atom is -0.455 e. The number of anilines is 3. The lowest BCUT2D eigenvalue weighted by Crippen LogP contribution is -2.09. The first-order valence-corrected chi connectivity index (χ1v) is 17.1. The van der Waals surface area contributed by atoms with Gasteiger partial charge in [0.25, 0.3) is 0 Å². The molecule has 0 fully saturated rings. The van der Waals surface area contributed by atoms with E-state index >= 15 is 0 Å². The number of benzene rings is 9. The minimum atomic E-state index is 0.876. The Labute approximate surface area is 290 Å². The van der Waals surface area contributed by atoms with E-state index in [0.29, 0.717) is 0 Å². The van der Waals surface area contributed by atoms with Crippen molar-refractivity contribution in [2.75, 3.05) is 4.90 Å². The smallest absolute Gasteiger partial charge is 0.143 e. The first-order valence-electron chi connectivity index (χ1n) is 17.1. The zero-order chi connectivity index (χ0) is 33.0. The molecule has 1 heterocycles. The summed E-state index contributed by atoms with van der Waals surface area (Å²) in [5.74, 6) is 0. The zero-order valence-corrected chi connectivity index (χ0v) is 27.3. The maximum absolute atomic E-state index is 6.74. The minimum absolute atomic E-state index is 0.876. The molecule has 10 aromatic rings. The van der Waals surface area contributed by atoms with Crippen LogP contribution >= 0.6 is 0 Å². The number of hydrogen-bond acceptors (Lipinski definition) is 2. The second-order valence-corrected chi connectivity index (χ2v) is 12.9. The summed E-state index contributed by atoms with van der Waals surface area (Å²) in [5, 5.41) is 9.48. The van der Waals surface area contributed by atoms with Crippen LogP contribution in [0.5, 0.6) is 0 Å². The van der Waals surface area contributed by atoms with Gasteiger partial charge in [0.15, 0.2) is 0 Å². The quantitative estimate of drug-likeness (QED) is 0.187. The van der Waals surface area contributed by atoms with E-state index < -0.39 is 0 Å². The van der Waals surface area contributed by atoms with Gasteiger partial charge in [-0.05, 0) is 104 Å². The Bertz CT molecular complexity index is 2860. The highest BCUT2D eigenvalue weighted by atomic mass is 16.3. The van der Waals surface area contributed by atoms with Gasteiger partial charge in [-0.15, -0.1) is 0 Å². The lowest BCUT2D eigenvalue weighted by molar-refractivity contribution is 0.673. The molecule has 0 atom stereocenters. The highest BCUT2D eigenvalue weighted by Crippen LogP contribution is 2.44. The Hall–Kier alpha value is -6.64. The van der Waals surface area contributed by atoms with Crippen molar-refractivity contribution in [2.45, 2.75) is 0 Å². The Morgan fingerprint density at radius 2 is 0.980 bits per heavy atom. The predicted octanol–water partition coefficient (Wildman–Crippen LogP) is 13.8. The SMILES string of the molecule is c1ccc(N(c2ccc(-c3cccc4ccccc34)cc2)c2ccc3oc4c5ccccc5cc(-c5ccc6ccccc6c5)c4c3c2)cc1. The van der Waals surface area contributed by atoms with Crippen molar-refractivity contribution in [1.29, 1.82) is 0 Å². The average molecular weight is 638 g/mol. The highest BCUT2D eigenvalue weighted by Gasteiger charge is 2.20. The molecular weight excluding hydrogens is 607 g/mol. The molecule has 2 heteroatoms. The Kier molecular flexibility index (Phi) is 6.53. The molecule has 50 heavy (non-hydrogen) atoms. The normalized spacial score (nSPS) is 11.6. The number of fused-ring (bicyclic) bond motifs is 7. The Morgan fingerprint density at radius 3 is 1.82 bits per heavy atom. The van der Waals surface area contributed by atoms with E-state index in [4.69, 9.17) is 4.42 Å². The molecule has 10 rings (SSSR count). The van der Waals surface area contributed by atoms with Crippen LogP contribution in [0.4, 0.5) is 17.1 Å². The van der Waals surface area contributed by atoms with Crippen molar-refractivity contribution < 1.29 is 4.42 Å². The lowest BCUT2D eigenvalue weighted by atomic mass is 9.94. The summed E-state index contributed by atoms with van der Waals surface area (Å²) in [6, 6.07) is 67.4. The molecule has 0 bridgehead atoms. The van der Waals surface area contributed by atoms with Crippen molar-refractivity contribution in [3.8, 4) is 22.3 Å². The van der Waals surface area contributed by atoms with Gasteiger partial charge >= 0.3 is 0 Å². The van der Waals surface area contributed by atoms with E-state index in [-0.39, 0.29) is 0 Å². The number of hydrogen-bond donors (Lipinski definition) is 0. The largest absolute Gasteiger partial charge is 0.455 e. The summed E-state index contributed by atoms with van der Waals surface area (Å²) in [6.07, 6.45) is 0. The zero-order valence-electron chi connectivity index (χ0n) is 27.3. The summed E-state index contributed by atoms with van der Waals surface area (Å²) in [5.41, 5.74) is 9.84. The second-order valence-electron chi connectivity index (χ2n) is 12.9. The van der Waals surface area contributed by atoms with Crippen molar-refractivity contribution >= 4 is 71.3 Å². The van der Waals surface area contributed by atoms with Crippen LogP contribution in [0.25, 0.3) is 76.5 Å². The molecule has 0 spiro atoms. The molecule has 0 radical (unpaired) electrons. The lowest BCUT2D eigenvalue weighted by Gasteiger charge is -2.26. The van der Waals surface area contributed by atoms with Crippen LogP contribution in [0.3, 0.4) is 0 Å². The number of rotatable bonds is 5. The second kappa shape index (κ2) is 11.5. The third-order valence-corrected chi connectivity index (χ3v) is 10.0. The molecule has 0 aliphatic heterocycles.